The van der Waals surface area contributed by atoms with Crippen LogP contribution >= 0.6 is 7.82 Å². The Balaban J connectivity index is 2.33. The second kappa shape index (κ2) is 34.8. The van der Waals surface area contributed by atoms with Gasteiger partial charge in [-0.2, -0.15) is 0 Å². The molecule has 10 nitrogen and oxygen atoms in total. The number of rotatable bonds is 39. The molecule has 57 heavy (non-hydrogen) atoms. The summed E-state index contributed by atoms with van der Waals surface area (Å²) >= 11 is 0. The van der Waals surface area contributed by atoms with Gasteiger partial charge in [0.05, 0.1) is 40.0 Å². The average molecular weight is 825 g/mol. The summed E-state index contributed by atoms with van der Waals surface area (Å²) in [5.41, 5.74) is 0. The number of carbonyl (C=O) groups excluding carboxylic acids is 2. The topological polar surface area (TPSA) is 121 Å². The molecule has 4 atom stereocenters. The Morgan fingerprint density at radius 3 is 1.77 bits per heavy atom. The maximum Gasteiger partial charge on any atom is 0.472 e. The van der Waals surface area contributed by atoms with E-state index in [1.54, 1.807) is 0 Å². The van der Waals surface area contributed by atoms with Gasteiger partial charge in [-0.25, -0.2) is 4.57 Å². The summed E-state index contributed by atoms with van der Waals surface area (Å²) in [6, 6.07) is 0. The Hall–Kier alpha value is -2.07. The molecule has 1 aliphatic rings. The van der Waals surface area contributed by atoms with E-state index in [1.807, 2.05) is 27.2 Å². The molecule has 0 amide bonds. The third kappa shape index (κ3) is 35.6. The molecule has 0 spiro atoms. The molecule has 330 valence electrons. The number of quaternary nitrogens is 1. The Kier molecular flexibility index (Phi) is 32.3. The first-order chi connectivity index (χ1) is 27.5. The monoisotopic (exact) mass is 825 g/mol. The minimum Gasteiger partial charge on any atom is -0.462 e. The van der Waals surface area contributed by atoms with E-state index in [1.165, 1.54) is 64.2 Å². The van der Waals surface area contributed by atoms with Crippen LogP contribution in [0.15, 0.2) is 48.6 Å². The van der Waals surface area contributed by atoms with E-state index in [9.17, 15) is 19.0 Å². The molecule has 0 bridgehead atoms. The van der Waals surface area contributed by atoms with E-state index < -0.39 is 32.5 Å². The van der Waals surface area contributed by atoms with Gasteiger partial charge in [0.15, 0.2) is 6.10 Å². The van der Waals surface area contributed by atoms with E-state index >= 15 is 0 Å². The predicted molar refractivity (Wildman–Crippen MR) is 233 cm³/mol. The molecule has 0 aromatic heterocycles. The van der Waals surface area contributed by atoms with Gasteiger partial charge >= 0.3 is 19.8 Å². The molecule has 1 heterocycles. The molecular weight excluding hydrogens is 741 g/mol. The lowest BCUT2D eigenvalue weighted by Crippen LogP contribution is -2.37. The SMILES string of the molecule is CCCCC/C=C\CC1OC1C/C=C\C/C=C\CCCC(=O)O[C@H](COC(=O)CCCCCCC/C=C\CCCCCCCC)COP(=O)(O)OCC[N+](C)(C)C. The van der Waals surface area contributed by atoms with Crippen molar-refractivity contribution in [2.45, 2.75) is 186 Å². The van der Waals surface area contributed by atoms with Gasteiger partial charge in [-0.1, -0.05) is 127 Å². The quantitative estimate of drug-likeness (QED) is 0.0161. The second-order valence-electron chi connectivity index (χ2n) is 16.5. The fourth-order valence-electron chi connectivity index (χ4n) is 6.04. The van der Waals surface area contributed by atoms with Crippen LogP contribution in [0.1, 0.15) is 168 Å². The molecule has 1 aliphatic heterocycles. The lowest BCUT2D eigenvalue weighted by atomic mass is 10.1. The van der Waals surface area contributed by atoms with Crippen molar-refractivity contribution in [2.75, 3.05) is 47.5 Å². The molecular formula is C46H83NO9P+. The third-order valence-corrected chi connectivity index (χ3v) is 10.7. The number of likely N-dealkylation sites (N-methyl/N-ethyl adjacent to an activating group) is 1. The minimum atomic E-state index is -4.40. The lowest BCUT2D eigenvalue weighted by Gasteiger charge is -2.24. The first kappa shape index (κ1) is 52.9. The number of nitrogens with zero attached hydrogens (tertiary/aromatic N) is 1. The molecule has 0 saturated carbocycles. The standard InChI is InChI=1S/C46H82NO9P/c1-6-8-10-12-14-15-16-17-18-19-20-21-24-28-32-36-45(48)52-40-42(41-54-57(50,51)53-39-38-47(3,4)5)55-46(49)37-33-29-25-22-23-27-31-35-44-43(56-44)34-30-26-13-11-9-7-2/h17-18,22,25-27,30-31,42-44H,6-16,19-21,23-24,28-29,32-41H2,1-5H3/p+1/b18-17-,25-22-,30-26-,31-27-/t42-,43?,44?/m1/s1. The molecule has 0 aliphatic carbocycles. The van der Waals surface area contributed by atoms with Gasteiger partial charge in [0.2, 0.25) is 0 Å². The fourth-order valence-corrected chi connectivity index (χ4v) is 6.78. The van der Waals surface area contributed by atoms with Crippen LogP contribution in [-0.4, -0.2) is 87.1 Å². The maximum atomic E-state index is 12.7. The summed E-state index contributed by atoms with van der Waals surface area (Å²) in [5, 5.41) is 0. The van der Waals surface area contributed by atoms with Crippen LogP contribution in [-0.2, 0) is 37.4 Å². The summed E-state index contributed by atoms with van der Waals surface area (Å²) in [7, 11) is 1.42. The van der Waals surface area contributed by atoms with Crippen LogP contribution in [0.2, 0.25) is 0 Å². The van der Waals surface area contributed by atoms with Crippen molar-refractivity contribution in [3.63, 3.8) is 0 Å². The summed E-state index contributed by atoms with van der Waals surface area (Å²) in [6.45, 7) is 4.29. The summed E-state index contributed by atoms with van der Waals surface area (Å²) < 4.78 is 40.0. The van der Waals surface area contributed by atoms with Gasteiger partial charge in [0.1, 0.15) is 19.8 Å². The number of phosphoric ester groups is 1. The summed E-state index contributed by atoms with van der Waals surface area (Å²) in [6.07, 6.45) is 41.9. The molecule has 1 fully saturated rings. The minimum absolute atomic E-state index is 0.0164. The highest BCUT2D eigenvalue weighted by Crippen LogP contribution is 2.43. The van der Waals surface area contributed by atoms with Gasteiger partial charge in [-0.3, -0.25) is 18.6 Å². The van der Waals surface area contributed by atoms with Crippen LogP contribution < -0.4 is 0 Å². The largest absolute Gasteiger partial charge is 0.472 e. The number of ether oxygens (including phenoxy) is 3. The van der Waals surface area contributed by atoms with Gasteiger partial charge < -0.3 is 23.6 Å². The van der Waals surface area contributed by atoms with E-state index in [4.69, 9.17) is 23.3 Å². The van der Waals surface area contributed by atoms with Crippen molar-refractivity contribution >= 4 is 19.8 Å². The number of epoxide rings is 1. The molecule has 1 rings (SSSR count). The van der Waals surface area contributed by atoms with Crippen LogP contribution in [0, 0.1) is 0 Å². The zero-order chi connectivity index (χ0) is 41.9. The van der Waals surface area contributed by atoms with Crippen molar-refractivity contribution in [2.24, 2.45) is 0 Å². The predicted octanol–water partition coefficient (Wildman–Crippen LogP) is 11.7. The first-order valence-electron chi connectivity index (χ1n) is 22.5. The molecule has 0 radical (unpaired) electrons. The normalized spacial score (nSPS) is 17.6. The average Bonchev–Trinajstić information content (AvgIpc) is 3.92. The third-order valence-electron chi connectivity index (χ3n) is 9.73. The van der Waals surface area contributed by atoms with Crippen molar-refractivity contribution in [3.05, 3.63) is 48.6 Å². The van der Waals surface area contributed by atoms with Gasteiger partial charge in [0, 0.05) is 12.8 Å². The zero-order valence-corrected chi connectivity index (χ0v) is 37.7. The highest BCUT2D eigenvalue weighted by Gasteiger charge is 2.36. The highest BCUT2D eigenvalue weighted by atomic mass is 31.2. The Labute approximate surface area is 348 Å². The maximum absolute atomic E-state index is 12.7. The van der Waals surface area contributed by atoms with Crippen LogP contribution in [0.5, 0.6) is 0 Å². The number of hydrogen-bond donors (Lipinski definition) is 1. The van der Waals surface area contributed by atoms with E-state index in [0.717, 1.165) is 64.2 Å². The highest BCUT2D eigenvalue weighted by molar-refractivity contribution is 7.47. The van der Waals surface area contributed by atoms with Gasteiger partial charge in [0.25, 0.3) is 0 Å². The molecule has 1 N–H and O–H groups in total. The summed E-state index contributed by atoms with van der Waals surface area (Å²) in [5.74, 6) is -0.882. The lowest BCUT2D eigenvalue weighted by molar-refractivity contribution is -0.870. The molecule has 0 aromatic rings. The van der Waals surface area contributed by atoms with Crippen molar-refractivity contribution < 1.29 is 46.8 Å². The van der Waals surface area contributed by atoms with Crippen LogP contribution in [0.25, 0.3) is 0 Å². The molecule has 0 aromatic carbocycles. The van der Waals surface area contributed by atoms with Crippen molar-refractivity contribution in [1.82, 2.24) is 0 Å². The fraction of sp³-hybridized carbons (Fsp3) is 0.783. The Bertz CT molecular complexity index is 1180. The van der Waals surface area contributed by atoms with Crippen molar-refractivity contribution in [3.8, 4) is 0 Å². The van der Waals surface area contributed by atoms with Gasteiger partial charge in [-0.05, 0) is 77.0 Å². The van der Waals surface area contributed by atoms with E-state index in [2.05, 4.69) is 56.4 Å². The first-order valence-corrected chi connectivity index (χ1v) is 24.0. The number of phosphoric acid groups is 1. The molecule has 3 unspecified atom stereocenters. The van der Waals surface area contributed by atoms with E-state index in [-0.39, 0.29) is 26.1 Å². The number of hydrogen-bond acceptors (Lipinski definition) is 8. The Morgan fingerprint density at radius 1 is 0.632 bits per heavy atom. The molecule has 1 saturated heterocycles. The second-order valence-corrected chi connectivity index (χ2v) is 17.9. The summed E-state index contributed by atoms with van der Waals surface area (Å²) in [4.78, 5) is 35.4. The number of unbranched alkanes of at least 4 members (excludes halogenated alkanes) is 15. The van der Waals surface area contributed by atoms with Crippen LogP contribution in [0.3, 0.4) is 0 Å². The number of esters is 2. The van der Waals surface area contributed by atoms with E-state index in [0.29, 0.717) is 36.1 Å². The van der Waals surface area contributed by atoms with Crippen molar-refractivity contribution in [1.29, 1.82) is 0 Å². The number of carbonyl (C=O) groups is 2. The Morgan fingerprint density at radius 2 is 1.12 bits per heavy atom. The van der Waals surface area contributed by atoms with Crippen LogP contribution in [0.4, 0.5) is 0 Å². The smallest absolute Gasteiger partial charge is 0.462 e. The number of allylic oxidation sites excluding steroid dienone is 6. The van der Waals surface area contributed by atoms with Gasteiger partial charge in [-0.15, -0.1) is 0 Å². The molecule has 11 heteroatoms. The zero-order valence-electron chi connectivity index (χ0n) is 36.8.